The molecule has 0 unspecified atom stereocenters. The van der Waals surface area contributed by atoms with Gasteiger partial charge in [0.15, 0.2) is 0 Å². The van der Waals surface area contributed by atoms with Crippen molar-refractivity contribution in [1.82, 2.24) is 9.97 Å². The Bertz CT molecular complexity index is 2400. The van der Waals surface area contributed by atoms with Gasteiger partial charge >= 0.3 is 0 Å². The number of nitrogens with zero attached hydrogens (tertiary/aromatic N) is 2. The molecule has 2 aromatic heterocycles. The minimum Gasteiger partial charge on any atom is -0.508 e. The van der Waals surface area contributed by atoms with E-state index in [0.29, 0.717) is 0 Å². The van der Waals surface area contributed by atoms with Crippen LogP contribution in [0.25, 0.3) is 0 Å². The summed E-state index contributed by atoms with van der Waals surface area (Å²) in [7, 11) is 0. The normalized spacial score (nSPS) is 10.2. The van der Waals surface area contributed by atoms with E-state index < -0.39 is 35.3 Å². The molecule has 6 rings (SSSR count). The first-order valence-corrected chi connectivity index (χ1v) is 17.2. The van der Waals surface area contributed by atoms with Crippen molar-refractivity contribution in [2.24, 2.45) is 11.5 Å². The number of rotatable bonds is 8. The highest BCUT2D eigenvalue weighted by molar-refractivity contribution is 6.38. The number of primary amides is 2. The number of carbonyl (C=O) groups excluding carboxylic acids is 4. The van der Waals surface area contributed by atoms with E-state index in [9.17, 15) is 32.3 Å². The van der Waals surface area contributed by atoms with Gasteiger partial charge in [0.2, 0.25) is 0 Å². The zero-order valence-electron chi connectivity index (χ0n) is 28.6. The van der Waals surface area contributed by atoms with Crippen molar-refractivity contribution in [2.45, 2.75) is 0 Å². The van der Waals surface area contributed by atoms with Crippen LogP contribution in [-0.2, 0) is 0 Å². The third-order valence-electron chi connectivity index (χ3n) is 6.89. The molecule has 2 heterocycles. The van der Waals surface area contributed by atoms with Crippen molar-refractivity contribution < 1.29 is 42.2 Å². The number of halogens is 7. The van der Waals surface area contributed by atoms with Crippen LogP contribution in [0, 0.1) is 17.5 Å². The van der Waals surface area contributed by atoms with Gasteiger partial charge in [-0.05, 0) is 91.0 Å². The first-order valence-electron chi connectivity index (χ1n) is 15.7. The van der Waals surface area contributed by atoms with E-state index >= 15 is 0 Å². The van der Waals surface area contributed by atoms with Gasteiger partial charge in [-0.1, -0.05) is 46.4 Å². The molecule has 19 heteroatoms. The van der Waals surface area contributed by atoms with Crippen LogP contribution in [0.1, 0.15) is 41.7 Å². The van der Waals surface area contributed by atoms with Crippen molar-refractivity contribution >= 4 is 81.4 Å². The third-order valence-corrected chi connectivity index (χ3v) is 7.92. The third kappa shape index (κ3) is 12.8. The number of aromatic hydroxyl groups is 1. The Morgan fingerprint density at radius 3 is 1.49 bits per heavy atom. The smallest absolute Gasteiger partial charge is 0.267 e. The number of phenolic OH excluding ortho intramolecular Hbond substituents is 1. The Labute approximate surface area is 341 Å². The lowest BCUT2D eigenvalue weighted by Crippen LogP contribution is -2.17. The van der Waals surface area contributed by atoms with Gasteiger partial charge < -0.3 is 31.9 Å². The second-order valence-electron chi connectivity index (χ2n) is 11.0. The number of pyridine rings is 2. The Kier molecular flexibility index (Phi) is 15.2. The molecule has 6 aromatic rings. The highest BCUT2D eigenvalue weighted by Crippen LogP contribution is 2.35. The number of nitrogens with one attached hydrogen (secondary N) is 2. The van der Waals surface area contributed by atoms with Crippen LogP contribution in [0.3, 0.4) is 0 Å². The Balaban J connectivity index is 0.000000217. The maximum absolute atomic E-state index is 13.8. The number of benzene rings is 4. The van der Waals surface area contributed by atoms with E-state index in [2.05, 4.69) is 20.6 Å². The first kappa shape index (κ1) is 43.3. The molecule has 12 nitrogen and oxygen atoms in total. The highest BCUT2D eigenvalue weighted by atomic mass is 35.5. The molecule has 4 aromatic carbocycles. The van der Waals surface area contributed by atoms with Crippen molar-refractivity contribution in [3.63, 3.8) is 0 Å². The summed E-state index contributed by atoms with van der Waals surface area (Å²) in [5, 5.41) is 13.8. The number of nitrogens with two attached hydrogens (primary N) is 2. The predicted molar refractivity (Wildman–Crippen MR) is 209 cm³/mol. The number of carbonyl (C=O) groups is 4. The molecule has 0 aliphatic carbocycles. The maximum atomic E-state index is 13.8. The molecule has 292 valence electrons. The quantitative estimate of drug-likeness (QED) is 0.0998. The molecule has 0 spiro atoms. The van der Waals surface area contributed by atoms with Gasteiger partial charge in [0.25, 0.3) is 23.6 Å². The molecule has 0 aliphatic heterocycles. The fourth-order valence-corrected chi connectivity index (χ4v) is 5.47. The van der Waals surface area contributed by atoms with Gasteiger partial charge in [0.05, 0.1) is 15.6 Å². The van der Waals surface area contributed by atoms with Crippen LogP contribution >= 0.6 is 46.4 Å². The van der Waals surface area contributed by atoms with Crippen LogP contribution < -0.4 is 26.8 Å². The molecule has 57 heavy (non-hydrogen) atoms. The van der Waals surface area contributed by atoms with E-state index in [4.69, 9.17) is 67.7 Å². The van der Waals surface area contributed by atoms with Gasteiger partial charge in [-0.15, -0.1) is 0 Å². The average molecular weight is 860 g/mol. The molecule has 0 saturated carbocycles. The Morgan fingerprint density at radius 1 is 0.596 bits per heavy atom. The second-order valence-corrected chi connectivity index (χ2v) is 12.7. The van der Waals surface area contributed by atoms with Crippen LogP contribution in [0.15, 0.2) is 109 Å². The van der Waals surface area contributed by atoms with E-state index in [0.717, 1.165) is 6.07 Å². The largest absolute Gasteiger partial charge is 0.508 e. The zero-order valence-corrected chi connectivity index (χ0v) is 31.6. The molecule has 0 saturated heterocycles. The monoisotopic (exact) mass is 858 g/mol. The molecule has 0 atom stereocenters. The summed E-state index contributed by atoms with van der Waals surface area (Å²) in [6.07, 6.45) is 2.62. The lowest BCUT2D eigenvalue weighted by molar-refractivity contribution is 0.0987. The molecule has 0 bridgehead atoms. The lowest BCUT2D eigenvalue weighted by Gasteiger charge is -2.14. The van der Waals surface area contributed by atoms with Gasteiger partial charge in [-0.25, -0.2) is 13.2 Å². The summed E-state index contributed by atoms with van der Waals surface area (Å²) in [5.74, 6) is -4.04. The molecule has 0 radical (unpaired) electrons. The van der Waals surface area contributed by atoms with E-state index in [1.165, 1.54) is 103 Å². The van der Waals surface area contributed by atoms with Gasteiger partial charge in [-0.2, -0.15) is 0 Å². The standard InChI is InChI=1S/C19H12Cl2FN3O3.C13H8Cl2FN3O2.C6H5FO/c20-10-7-14(21)17(16(8-10)28-13-3-1-11(22)2-4-13)19(27)25-12-5-6-24-15(9-12)18(23)26;14-6-3-8(15)11(9(16)4-6)13(21)19-7-1-2-18-10(5-7)12(17)20;7-5-1-3-6(8)4-2-5/h1-9H,(H2,23,26)(H,24,25,27);1-5H,(H2,17,20)(H,18,19,21);1-4,8H. The number of aromatic nitrogens is 2. The summed E-state index contributed by atoms with van der Waals surface area (Å²) in [5.41, 5.74) is 10.4. The van der Waals surface area contributed by atoms with Crippen LogP contribution in [0.5, 0.6) is 17.2 Å². The van der Waals surface area contributed by atoms with Crippen LogP contribution in [-0.4, -0.2) is 38.7 Å². The summed E-state index contributed by atoms with van der Waals surface area (Å²) < 4.78 is 44.5. The maximum Gasteiger partial charge on any atom is 0.267 e. The number of phenols is 1. The number of ether oxygens (including phenoxy) is 1. The zero-order chi connectivity index (χ0) is 41.8. The van der Waals surface area contributed by atoms with E-state index in [-0.39, 0.29) is 77.0 Å². The highest BCUT2D eigenvalue weighted by Gasteiger charge is 2.21. The average Bonchev–Trinajstić information content (AvgIpc) is 3.14. The van der Waals surface area contributed by atoms with E-state index in [1.807, 2.05) is 0 Å². The summed E-state index contributed by atoms with van der Waals surface area (Å²) in [6, 6.07) is 20.7. The Morgan fingerprint density at radius 2 is 1.04 bits per heavy atom. The molecular weight excluding hydrogens is 835 g/mol. The summed E-state index contributed by atoms with van der Waals surface area (Å²) in [6.45, 7) is 0. The summed E-state index contributed by atoms with van der Waals surface area (Å²) in [4.78, 5) is 54.6. The van der Waals surface area contributed by atoms with E-state index in [1.54, 1.807) is 0 Å². The second kappa shape index (κ2) is 20.0. The van der Waals surface area contributed by atoms with Gasteiger partial charge in [0, 0.05) is 39.9 Å². The minimum atomic E-state index is -0.853. The first-order chi connectivity index (χ1) is 27.0. The van der Waals surface area contributed by atoms with Crippen molar-refractivity contribution in [3.05, 3.63) is 170 Å². The predicted octanol–water partition coefficient (Wildman–Crippen LogP) is 9.08. The molecular formula is C38H25Cl4F3N6O6. The van der Waals surface area contributed by atoms with Crippen LogP contribution in [0.4, 0.5) is 24.5 Å². The number of hydrogen-bond donors (Lipinski definition) is 5. The van der Waals surface area contributed by atoms with Crippen molar-refractivity contribution in [1.29, 1.82) is 0 Å². The fraction of sp³-hybridized carbons (Fsp3) is 0. The SMILES string of the molecule is NC(=O)c1cc(NC(=O)c2c(Cl)cc(Cl)cc2Oc2ccc(F)cc2)ccn1.NC(=O)c1cc(NC(=O)c2c(F)cc(Cl)cc2Cl)ccn1.Oc1ccc(F)cc1. The molecule has 0 aliphatic rings. The van der Waals surface area contributed by atoms with Gasteiger partial charge in [-0.3, -0.25) is 29.1 Å². The number of anilines is 2. The number of hydrogen-bond acceptors (Lipinski definition) is 8. The fourth-order valence-electron chi connectivity index (χ4n) is 4.35. The topological polar surface area (TPSA) is 200 Å². The molecule has 4 amide bonds. The molecule has 0 fully saturated rings. The Hall–Kier alpha value is -6.39. The van der Waals surface area contributed by atoms with Gasteiger partial charge in [0.1, 0.15) is 51.7 Å². The lowest BCUT2D eigenvalue weighted by atomic mass is 10.1. The minimum absolute atomic E-state index is 0.00725. The van der Waals surface area contributed by atoms with Crippen molar-refractivity contribution in [3.8, 4) is 17.2 Å². The van der Waals surface area contributed by atoms with Crippen molar-refractivity contribution in [2.75, 3.05) is 10.6 Å². The number of amides is 4. The van der Waals surface area contributed by atoms with Crippen LogP contribution in [0.2, 0.25) is 20.1 Å². The summed E-state index contributed by atoms with van der Waals surface area (Å²) >= 11 is 23.6. The molecule has 7 N–H and O–H groups in total.